The average Bonchev–Trinajstić information content (AvgIpc) is 2.79. The van der Waals surface area contributed by atoms with Crippen LogP contribution in [0.3, 0.4) is 0 Å². The van der Waals surface area contributed by atoms with E-state index in [0.717, 1.165) is 22.1 Å². The summed E-state index contributed by atoms with van der Waals surface area (Å²) in [4.78, 5) is 12.5. The Balaban J connectivity index is 2.19. The van der Waals surface area contributed by atoms with Gasteiger partial charge in [0.05, 0.1) is 11.5 Å². The van der Waals surface area contributed by atoms with Crippen LogP contribution in [0.15, 0.2) is 41.3 Å². The molecule has 0 spiro atoms. The zero-order valence-corrected chi connectivity index (χ0v) is 13.0. The fourth-order valence-corrected chi connectivity index (χ4v) is 3.28. The minimum absolute atomic E-state index is 0.152. The van der Waals surface area contributed by atoms with Crippen LogP contribution in [0.25, 0.3) is 16.8 Å². The number of hydrogen-bond donors (Lipinski definition) is 1. The summed E-state index contributed by atoms with van der Waals surface area (Å²) < 4.78 is 6.19. The smallest absolute Gasteiger partial charge is 0.263 e. The van der Waals surface area contributed by atoms with Gasteiger partial charge in [0.25, 0.3) is 5.91 Å². The second kappa shape index (κ2) is 5.87. The van der Waals surface area contributed by atoms with Crippen molar-refractivity contribution in [2.75, 3.05) is 6.61 Å². The molecule has 1 aliphatic rings. The van der Waals surface area contributed by atoms with Crippen LogP contribution in [0.2, 0.25) is 0 Å². The first-order valence-electron chi connectivity index (χ1n) is 6.58. The van der Waals surface area contributed by atoms with Gasteiger partial charge in [0.15, 0.2) is 0 Å². The molecule has 0 aliphatic carbocycles. The first-order valence-corrected chi connectivity index (χ1v) is 7.81. The van der Waals surface area contributed by atoms with Gasteiger partial charge in [-0.1, -0.05) is 54.3 Å². The lowest BCUT2D eigenvalue weighted by Gasteiger charge is -2.11. The Morgan fingerprint density at radius 2 is 2.10 bits per heavy atom. The van der Waals surface area contributed by atoms with Gasteiger partial charge in [-0.05, 0) is 29.8 Å². The lowest BCUT2D eigenvalue weighted by atomic mass is 10.0. The van der Waals surface area contributed by atoms with Crippen molar-refractivity contribution in [1.82, 2.24) is 5.32 Å². The third-order valence-corrected chi connectivity index (χ3v) is 4.31. The fraction of sp³-hybridized carbons (Fsp3) is 0.125. The third kappa shape index (κ3) is 2.80. The molecule has 1 N–H and O–H groups in total. The van der Waals surface area contributed by atoms with E-state index < -0.39 is 0 Å². The number of fused-ring (bicyclic) bond motifs is 1. The SMILES string of the molecule is CCOc1ccc2ccccc2c1C=C1SC(=S)NC1=O. The highest BCUT2D eigenvalue weighted by atomic mass is 32.2. The highest BCUT2D eigenvalue weighted by Crippen LogP contribution is 2.34. The highest BCUT2D eigenvalue weighted by molar-refractivity contribution is 8.26. The summed E-state index contributed by atoms with van der Waals surface area (Å²) in [5.41, 5.74) is 0.914. The van der Waals surface area contributed by atoms with E-state index in [-0.39, 0.29) is 5.91 Å². The van der Waals surface area contributed by atoms with Crippen LogP contribution in [0.5, 0.6) is 5.75 Å². The van der Waals surface area contributed by atoms with Crippen LogP contribution in [0.4, 0.5) is 0 Å². The number of carbonyl (C=O) groups is 1. The molecular formula is C16H13NO2S2. The van der Waals surface area contributed by atoms with Crippen molar-refractivity contribution in [3.8, 4) is 5.75 Å². The number of amides is 1. The highest BCUT2D eigenvalue weighted by Gasteiger charge is 2.23. The lowest BCUT2D eigenvalue weighted by Crippen LogP contribution is -2.17. The predicted molar refractivity (Wildman–Crippen MR) is 91.4 cm³/mol. The topological polar surface area (TPSA) is 38.3 Å². The van der Waals surface area contributed by atoms with Crippen molar-refractivity contribution >= 4 is 51.1 Å². The number of carbonyl (C=O) groups excluding carboxylic acids is 1. The van der Waals surface area contributed by atoms with Crippen molar-refractivity contribution in [2.24, 2.45) is 0 Å². The van der Waals surface area contributed by atoms with E-state index >= 15 is 0 Å². The first kappa shape index (κ1) is 14.1. The van der Waals surface area contributed by atoms with E-state index in [4.69, 9.17) is 17.0 Å². The molecule has 0 saturated carbocycles. The van der Waals surface area contributed by atoms with Crippen molar-refractivity contribution in [2.45, 2.75) is 6.92 Å². The molecule has 0 atom stereocenters. The van der Waals surface area contributed by atoms with E-state index in [1.807, 2.05) is 49.4 Å². The molecule has 0 radical (unpaired) electrons. The number of rotatable bonds is 3. The van der Waals surface area contributed by atoms with E-state index in [1.54, 1.807) is 0 Å². The quantitative estimate of drug-likeness (QED) is 0.692. The summed E-state index contributed by atoms with van der Waals surface area (Å²) in [5, 5.41) is 4.80. The molecule has 0 bridgehead atoms. The maximum Gasteiger partial charge on any atom is 0.263 e. The minimum Gasteiger partial charge on any atom is -0.493 e. The van der Waals surface area contributed by atoms with Gasteiger partial charge in [-0.25, -0.2) is 0 Å². The van der Waals surface area contributed by atoms with Gasteiger partial charge >= 0.3 is 0 Å². The minimum atomic E-state index is -0.152. The first-order chi connectivity index (χ1) is 10.2. The number of hydrogen-bond acceptors (Lipinski definition) is 4. The normalized spacial score (nSPS) is 16.5. The standard InChI is InChI=1S/C16H13NO2S2/c1-2-19-13-8-7-10-5-3-4-6-11(10)12(13)9-14-15(18)17-16(20)21-14/h3-9H,2H2,1H3,(H,17,18,20). The Bertz CT molecular complexity index is 768. The fourth-order valence-electron chi connectivity index (χ4n) is 2.26. The van der Waals surface area contributed by atoms with E-state index in [9.17, 15) is 4.79 Å². The van der Waals surface area contributed by atoms with E-state index in [2.05, 4.69) is 5.32 Å². The molecule has 0 unspecified atom stereocenters. The van der Waals surface area contributed by atoms with Gasteiger partial charge < -0.3 is 10.1 Å². The summed E-state index contributed by atoms with van der Waals surface area (Å²) >= 11 is 6.31. The monoisotopic (exact) mass is 315 g/mol. The number of benzene rings is 2. The second-order valence-corrected chi connectivity index (χ2v) is 6.20. The van der Waals surface area contributed by atoms with Crippen LogP contribution in [0.1, 0.15) is 12.5 Å². The Morgan fingerprint density at radius 1 is 1.29 bits per heavy atom. The summed E-state index contributed by atoms with van der Waals surface area (Å²) in [7, 11) is 0. The van der Waals surface area contributed by atoms with Gasteiger partial charge in [0.2, 0.25) is 0 Å². The summed E-state index contributed by atoms with van der Waals surface area (Å²) in [5.74, 6) is 0.621. The van der Waals surface area contributed by atoms with Gasteiger partial charge in [-0.2, -0.15) is 0 Å². The molecule has 3 nitrogen and oxygen atoms in total. The molecule has 1 aliphatic heterocycles. The second-order valence-electron chi connectivity index (χ2n) is 4.48. The molecule has 21 heavy (non-hydrogen) atoms. The van der Waals surface area contributed by atoms with Crippen LogP contribution < -0.4 is 10.1 Å². The average molecular weight is 315 g/mol. The molecule has 1 heterocycles. The summed E-state index contributed by atoms with van der Waals surface area (Å²) in [6.45, 7) is 2.52. The third-order valence-electron chi connectivity index (χ3n) is 3.15. The molecule has 0 aromatic heterocycles. The maximum atomic E-state index is 11.9. The van der Waals surface area contributed by atoms with Crippen LogP contribution in [-0.4, -0.2) is 16.8 Å². The largest absolute Gasteiger partial charge is 0.493 e. The Labute approximate surface area is 132 Å². The number of nitrogens with one attached hydrogen (secondary N) is 1. The molecule has 2 aromatic carbocycles. The summed E-state index contributed by atoms with van der Waals surface area (Å²) in [6, 6.07) is 12.0. The van der Waals surface area contributed by atoms with Crippen LogP contribution in [0, 0.1) is 0 Å². The Kier molecular flexibility index (Phi) is 3.94. The van der Waals surface area contributed by atoms with Crippen LogP contribution in [-0.2, 0) is 4.79 Å². The molecule has 5 heteroatoms. The van der Waals surface area contributed by atoms with Crippen molar-refractivity contribution < 1.29 is 9.53 Å². The van der Waals surface area contributed by atoms with Gasteiger partial charge in [0.1, 0.15) is 10.1 Å². The van der Waals surface area contributed by atoms with Crippen molar-refractivity contribution in [3.63, 3.8) is 0 Å². The van der Waals surface area contributed by atoms with E-state index in [1.165, 1.54) is 11.8 Å². The van der Waals surface area contributed by atoms with E-state index in [0.29, 0.717) is 15.8 Å². The Morgan fingerprint density at radius 3 is 2.81 bits per heavy atom. The van der Waals surface area contributed by atoms with Crippen molar-refractivity contribution in [3.05, 3.63) is 46.9 Å². The Hall–Kier alpha value is -1.85. The molecule has 1 amide bonds. The van der Waals surface area contributed by atoms with Gasteiger partial charge in [0, 0.05) is 5.56 Å². The summed E-state index contributed by atoms with van der Waals surface area (Å²) in [6.07, 6.45) is 1.85. The predicted octanol–water partition coefficient (Wildman–Crippen LogP) is 3.73. The number of thioether (sulfide) groups is 1. The molecule has 3 rings (SSSR count). The molecular weight excluding hydrogens is 302 g/mol. The molecule has 106 valence electrons. The van der Waals surface area contributed by atoms with Gasteiger partial charge in [-0.15, -0.1) is 0 Å². The zero-order chi connectivity index (χ0) is 14.8. The molecule has 2 aromatic rings. The maximum absolute atomic E-state index is 11.9. The zero-order valence-electron chi connectivity index (χ0n) is 11.4. The van der Waals surface area contributed by atoms with Crippen molar-refractivity contribution in [1.29, 1.82) is 0 Å². The number of ether oxygens (including phenoxy) is 1. The molecule has 1 fully saturated rings. The number of thiocarbonyl (C=S) groups is 1. The lowest BCUT2D eigenvalue weighted by molar-refractivity contribution is -0.115. The van der Waals surface area contributed by atoms with Crippen LogP contribution >= 0.6 is 24.0 Å². The van der Waals surface area contributed by atoms with Gasteiger partial charge in [-0.3, -0.25) is 4.79 Å². The molecule has 1 saturated heterocycles.